The highest BCUT2D eigenvalue weighted by Gasteiger charge is 2.42. The molecule has 0 aliphatic carbocycles. The van der Waals surface area contributed by atoms with Crippen LogP contribution in [0.4, 0.5) is 5.82 Å². The molecule has 0 saturated carbocycles. The van der Waals surface area contributed by atoms with Gasteiger partial charge >= 0.3 is 0 Å². The molecular formula is C14H23N5. The van der Waals surface area contributed by atoms with E-state index in [1.54, 1.807) is 12.4 Å². The second kappa shape index (κ2) is 5.06. The molecule has 2 saturated heterocycles. The van der Waals surface area contributed by atoms with E-state index in [9.17, 15) is 0 Å². The minimum absolute atomic E-state index is 0.377. The fourth-order valence-electron chi connectivity index (χ4n) is 3.46. The molecule has 2 N–H and O–H groups in total. The Morgan fingerprint density at radius 3 is 2.68 bits per heavy atom. The highest BCUT2D eigenvalue weighted by molar-refractivity contribution is 5.35. The zero-order valence-electron chi connectivity index (χ0n) is 11.8. The normalized spacial score (nSPS) is 30.5. The summed E-state index contributed by atoms with van der Waals surface area (Å²) in [7, 11) is 0. The zero-order valence-corrected chi connectivity index (χ0v) is 11.8. The summed E-state index contributed by atoms with van der Waals surface area (Å²) in [6.45, 7) is 7.97. The van der Waals surface area contributed by atoms with Crippen molar-refractivity contribution in [2.24, 2.45) is 11.3 Å². The van der Waals surface area contributed by atoms with Gasteiger partial charge in [0.1, 0.15) is 5.82 Å². The molecule has 2 fully saturated rings. The van der Waals surface area contributed by atoms with Gasteiger partial charge in [0.25, 0.3) is 0 Å². The Morgan fingerprint density at radius 1 is 1.32 bits per heavy atom. The quantitative estimate of drug-likeness (QED) is 0.838. The predicted octanol–water partition coefficient (Wildman–Crippen LogP) is 1.20. The van der Waals surface area contributed by atoms with Gasteiger partial charge in [-0.05, 0) is 24.2 Å². The number of nitrogens with one attached hydrogen (secondary N) is 2. The standard InChI is InChI=1S/C14H23N5/c1-11-9-17-18-13(11)14(2)3-7-19(8-4-14)12-10-15-5-6-16-12/h5-6,10-11,13,17-18H,3-4,7-9H2,1-2H3. The van der Waals surface area contributed by atoms with Crippen LogP contribution in [0, 0.1) is 11.3 Å². The minimum atomic E-state index is 0.377. The number of nitrogens with zero attached hydrogens (tertiary/aromatic N) is 3. The Bertz CT molecular complexity index is 413. The van der Waals surface area contributed by atoms with Crippen molar-refractivity contribution in [3.63, 3.8) is 0 Å². The molecule has 2 aliphatic heterocycles. The molecule has 3 heterocycles. The maximum absolute atomic E-state index is 4.40. The molecule has 2 unspecified atom stereocenters. The van der Waals surface area contributed by atoms with Crippen LogP contribution in [-0.2, 0) is 0 Å². The molecule has 19 heavy (non-hydrogen) atoms. The van der Waals surface area contributed by atoms with Crippen LogP contribution in [0.1, 0.15) is 26.7 Å². The number of aromatic nitrogens is 2. The average Bonchev–Trinajstić information content (AvgIpc) is 2.88. The van der Waals surface area contributed by atoms with Gasteiger partial charge in [-0.3, -0.25) is 15.8 Å². The summed E-state index contributed by atoms with van der Waals surface area (Å²) >= 11 is 0. The second-order valence-corrected chi connectivity index (χ2v) is 6.18. The molecule has 1 aromatic heterocycles. The van der Waals surface area contributed by atoms with Crippen molar-refractivity contribution in [1.29, 1.82) is 0 Å². The second-order valence-electron chi connectivity index (χ2n) is 6.18. The van der Waals surface area contributed by atoms with Crippen LogP contribution in [0.15, 0.2) is 18.6 Å². The maximum atomic E-state index is 4.40. The third-order valence-corrected chi connectivity index (χ3v) is 4.78. The topological polar surface area (TPSA) is 53.1 Å². The smallest absolute Gasteiger partial charge is 0.147 e. The first-order chi connectivity index (χ1) is 9.19. The van der Waals surface area contributed by atoms with Crippen molar-refractivity contribution >= 4 is 5.82 Å². The SMILES string of the molecule is CC1CNNC1C1(C)CCN(c2cnccn2)CC1. The average molecular weight is 261 g/mol. The lowest BCUT2D eigenvalue weighted by molar-refractivity contribution is 0.151. The molecule has 104 valence electrons. The van der Waals surface area contributed by atoms with E-state index >= 15 is 0 Å². The molecule has 2 atom stereocenters. The first kappa shape index (κ1) is 12.8. The van der Waals surface area contributed by atoms with Crippen LogP contribution in [0.5, 0.6) is 0 Å². The number of piperidine rings is 1. The third-order valence-electron chi connectivity index (χ3n) is 4.78. The van der Waals surface area contributed by atoms with Crippen LogP contribution >= 0.6 is 0 Å². The van der Waals surface area contributed by atoms with Gasteiger partial charge in [0, 0.05) is 38.1 Å². The molecule has 0 radical (unpaired) electrons. The summed E-state index contributed by atoms with van der Waals surface area (Å²) in [5, 5.41) is 0. The molecule has 1 aromatic rings. The van der Waals surface area contributed by atoms with Crippen LogP contribution in [-0.4, -0.2) is 35.6 Å². The van der Waals surface area contributed by atoms with Crippen LogP contribution < -0.4 is 15.8 Å². The summed E-state index contributed by atoms with van der Waals surface area (Å²) in [6, 6.07) is 0.580. The first-order valence-corrected chi connectivity index (χ1v) is 7.18. The molecule has 3 rings (SSSR count). The Labute approximate surface area is 114 Å². The maximum Gasteiger partial charge on any atom is 0.147 e. The summed E-state index contributed by atoms with van der Waals surface area (Å²) < 4.78 is 0. The van der Waals surface area contributed by atoms with E-state index in [0.29, 0.717) is 17.4 Å². The number of hydrogen-bond donors (Lipinski definition) is 2. The molecule has 0 aromatic carbocycles. The fourth-order valence-corrected chi connectivity index (χ4v) is 3.46. The highest BCUT2D eigenvalue weighted by Crippen LogP contribution is 2.39. The Balaban J connectivity index is 1.66. The van der Waals surface area contributed by atoms with E-state index in [-0.39, 0.29) is 0 Å². The summed E-state index contributed by atoms with van der Waals surface area (Å²) in [5.41, 5.74) is 7.15. The van der Waals surface area contributed by atoms with Gasteiger partial charge in [0.05, 0.1) is 6.20 Å². The van der Waals surface area contributed by atoms with Gasteiger partial charge in [-0.2, -0.15) is 0 Å². The molecule has 0 amide bonds. The van der Waals surface area contributed by atoms with Gasteiger partial charge in [0.15, 0.2) is 0 Å². The zero-order chi connectivity index (χ0) is 13.3. The van der Waals surface area contributed by atoms with Crippen molar-refractivity contribution in [2.75, 3.05) is 24.5 Å². The fraction of sp³-hybridized carbons (Fsp3) is 0.714. The lowest BCUT2D eigenvalue weighted by atomic mass is 9.71. The summed E-state index contributed by atoms with van der Waals surface area (Å²) in [5.74, 6) is 1.71. The van der Waals surface area contributed by atoms with Crippen molar-refractivity contribution in [3.05, 3.63) is 18.6 Å². The van der Waals surface area contributed by atoms with E-state index in [2.05, 4.69) is 39.6 Å². The van der Waals surface area contributed by atoms with Gasteiger partial charge < -0.3 is 4.90 Å². The first-order valence-electron chi connectivity index (χ1n) is 7.18. The monoisotopic (exact) mass is 261 g/mol. The highest BCUT2D eigenvalue weighted by atomic mass is 15.4. The minimum Gasteiger partial charge on any atom is -0.355 e. The Morgan fingerprint density at radius 2 is 2.11 bits per heavy atom. The van der Waals surface area contributed by atoms with Gasteiger partial charge in [-0.15, -0.1) is 0 Å². The number of rotatable bonds is 2. The number of hydrogen-bond acceptors (Lipinski definition) is 5. The Kier molecular flexibility index (Phi) is 3.41. The van der Waals surface area contributed by atoms with E-state index in [0.717, 1.165) is 25.5 Å². The predicted molar refractivity (Wildman–Crippen MR) is 75.7 cm³/mol. The van der Waals surface area contributed by atoms with Crippen molar-refractivity contribution in [2.45, 2.75) is 32.7 Å². The van der Waals surface area contributed by atoms with Gasteiger partial charge in [-0.1, -0.05) is 13.8 Å². The lowest BCUT2D eigenvalue weighted by Gasteiger charge is -2.44. The Hall–Kier alpha value is -1.20. The molecule has 5 heteroatoms. The van der Waals surface area contributed by atoms with Gasteiger partial charge in [-0.25, -0.2) is 4.98 Å². The molecule has 2 aliphatic rings. The molecule has 0 bridgehead atoms. The van der Waals surface area contributed by atoms with Crippen molar-refractivity contribution in [1.82, 2.24) is 20.8 Å². The summed E-state index contributed by atoms with van der Waals surface area (Å²) in [4.78, 5) is 10.9. The molecule has 5 nitrogen and oxygen atoms in total. The number of anilines is 1. The van der Waals surface area contributed by atoms with Crippen molar-refractivity contribution in [3.8, 4) is 0 Å². The largest absolute Gasteiger partial charge is 0.355 e. The van der Waals surface area contributed by atoms with Crippen LogP contribution in [0.2, 0.25) is 0 Å². The van der Waals surface area contributed by atoms with E-state index in [1.165, 1.54) is 12.8 Å². The third kappa shape index (κ3) is 2.44. The van der Waals surface area contributed by atoms with Crippen LogP contribution in [0.25, 0.3) is 0 Å². The van der Waals surface area contributed by atoms with E-state index in [4.69, 9.17) is 0 Å². The van der Waals surface area contributed by atoms with E-state index in [1.807, 2.05) is 6.20 Å². The van der Waals surface area contributed by atoms with Crippen molar-refractivity contribution < 1.29 is 0 Å². The lowest BCUT2D eigenvalue weighted by Crippen LogP contribution is -2.51. The number of hydrazine groups is 1. The van der Waals surface area contributed by atoms with E-state index < -0.39 is 0 Å². The van der Waals surface area contributed by atoms with Crippen LogP contribution in [0.3, 0.4) is 0 Å². The summed E-state index contributed by atoms with van der Waals surface area (Å²) in [6.07, 6.45) is 7.77. The molecular weight excluding hydrogens is 238 g/mol. The van der Waals surface area contributed by atoms with Gasteiger partial charge in [0.2, 0.25) is 0 Å². The molecule has 0 spiro atoms.